The number of nitrogens with one attached hydrogen (secondary N) is 1. The highest BCUT2D eigenvalue weighted by molar-refractivity contribution is 5.88. The summed E-state index contributed by atoms with van der Waals surface area (Å²) in [5, 5.41) is 2.79. The lowest BCUT2D eigenvalue weighted by Crippen LogP contribution is -2.14. The van der Waals surface area contributed by atoms with Gasteiger partial charge in [0.15, 0.2) is 0 Å². The number of methoxy groups -OCH3 is 1. The summed E-state index contributed by atoms with van der Waals surface area (Å²) < 4.78 is 18.1. The second-order valence-corrected chi connectivity index (χ2v) is 3.33. The molecule has 0 radical (unpaired) electrons. The monoisotopic (exact) mass is 251 g/mol. The third kappa shape index (κ3) is 3.65. The van der Waals surface area contributed by atoms with Gasteiger partial charge in [0.1, 0.15) is 11.6 Å². The zero-order valence-corrected chi connectivity index (χ0v) is 10.2. The zero-order valence-electron chi connectivity index (χ0n) is 10.2. The van der Waals surface area contributed by atoms with Crippen LogP contribution in [-0.2, 0) is 11.3 Å². The number of halogens is 1. The first-order valence-corrected chi connectivity index (χ1v) is 5.22. The lowest BCUT2D eigenvalue weighted by atomic mass is 10.2. The molecule has 0 unspecified atom stereocenters. The van der Waals surface area contributed by atoms with Crippen molar-refractivity contribution in [2.75, 3.05) is 7.11 Å². The van der Waals surface area contributed by atoms with Crippen LogP contribution in [0.4, 0.5) is 4.39 Å². The quantitative estimate of drug-likeness (QED) is 0.638. The normalized spacial score (nSPS) is 10.4. The molecule has 0 saturated heterocycles. The Bertz CT molecular complexity index is 486. The summed E-state index contributed by atoms with van der Waals surface area (Å²) in [6.07, 6.45) is 2.83. The number of esters is 1. The minimum absolute atomic E-state index is 0.0733. The first-order chi connectivity index (χ1) is 8.58. The Balaban J connectivity index is 2.74. The predicted molar refractivity (Wildman–Crippen MR) is 65.7 cm³/mol. The fourth-order valence-corrected chi connectivity index (χ4v) is 1.21. The Morgan fingerprint density at radius 3 is 3.00 bits per heavy atom. The highest BCUT2D eigenvalue weighted by Gasteiger charge is 2.10. The van der Waals surface area contributed by atoms with Crippen molar-refractivity contribution in [3.8, 4) is 0 Å². The molecule has 0 bridgehead atoms. The molecular weight excluding hydrogens is 237 g/mol. The van der Waals surface area contributed by atoms with Gasteiger partial charge in [0.25, 0.3) is 0 Å². The first-order valence-electron chi connectivity index (χ1n) is 5.22. The largest absolute Gasteiger partial charge is 0.465 e. The summed E-state index contributed by atoms with van der Waals surface area (Å²) in [7, 11) is 1.22. The lowest BCUT2D eigenvalue weighted by Gasteiger charge is -2.06. The van der Waals surface area contributed by atoms with Crippen LogP contribution in [-0.4, -0.2) is 24.3 Å². The van der Waals surface area contributed by atoms with Gasteiger partial charge in [0, 0.05) is 12.4 Å². The second-order valence-electron chi connectivity index (χ2n) is 3.33. The van der Waals surface area contributed by atoms with E-state index in [-0.39, 0.29) is 17.8 Å². The van der Waals surface area contributed by atoms with Crippen LogP contribution in [0.15, 0.2) is 29.7 Å². The minimum atomic E-state index is -0.624. The predicted octanol–water partition coefficient (Wildman–Crippen LogP) is 1.66. The SMILES string of the molecule is C=C(/N=C\C)NCc1ncc(C(=O)OC)cc1F. The van der Waals surface area contributed by atoms with Crippen molar-refractivity contribution in [2.24, 2.45) is 4.99 Å². The Hall–Kier alpha value is -2.24. The molecule has 0 saturated carbocycles. The summed E-state index contributed by atoms with van der Waals surface area (Å²) in [6.45, 7) is 5.50. The van der Waals surface area contributed by atoms with Crippen molar-refractivity contribution in [1.82, 2.24) is 10.3 Å². The van der Waals surface area contributed by atoms with Crippen LogP contribution in [0.25, 0.3) is 0 Å². The van der Waals surface area contributed by atoms with Gasteiger partial charge in [-0.1, -0.05) is 6.58 Å². The molecule has 0 aliphatic heterocycles. The molecule has 1 heterocycles. The minimum Gasteiger partial charge on any atom is -0.465 e. The fourth-order valence-electron chi connectivity index (χ4n) is 1.21. The van der Waals surface area contributed by atoms with Crippen LogP contribution in [0.3, 0.4) is 0 Å². The van der Waals surface area contributed by atoms with E-state index in [0.717, 1.165) is 6.07 Å². The maximum atomic E-state index is 13.6. The summed E-state index contributed by atoms with van der Waals surface area (Å²) >= 11 is 0. The average molecular weight is 251 g/mol. The molecule has 0 aliphatic carbocycles. The van der Waals surface area contributed by atoms with Crippen molar-refractivity contribution in [3.05, 3.63) is 41.7 Å². The van der Waals surface area contributed by atoms with Crippen LogP contribution in [0.5, 0.6) is 0 Å². The maximum absolute atomic E-state index is 13.6. The van der Waals surface area contributed by atoms with E-state index in [4.69, 9.17) is 0 Å². The number of ether oxygens (including phenoxy) is 1. The number of pyridine rings is 1. The number of nitrogens with zero attached hydrogens (tertiary/aromatic N) is 2. The molecule has 0 spiro atoms. The van der Waals surface area contributed by atoms with E-state index in [1.54, 1.807) is 13.1 Å². The molecule has 6 heteroatoms. The zero-order chi connectivity index (χ0) is 13.5. The van der Waals surface area contributed by atoms with Crippen molar-refractivity contribution in [1.29, 1.82) is 0 Å². The van der Waals surface area contributed by atoms with E-state index in [9.17, 15) is 9.18 Å². The molecule has 1 rings (SSSR count). The van der Waals surface area contributed by atoms with Crippen LogP contribution < -0.4 is 5.32 Å². The number of carbonyl (C=O) groups is 1. The van der Waals surface area contributed by atoms with E-state index in [2.05, 4.69) is 26.6 Å². The maximum Gasteiger partial charge on any atom is 0.339 e. The molecule has 18 heavy (non-hydrogen) atoms. The second kappa shape index (κ2) is 6.48. The molecule has 96 valence electrons. The standard InChI is InChI=1S/C12H14FN3O2/c1-4-14-8(2)15-7-11-10(13)5-9(6-16-11)12(17)18-3/h4-6,15H,2,7H2,1,3H3/b14-4-. The smallest absolute Gasteiger partial charge is 0.339 e. The molecule has 0 aliphatic rings. The molecule has 1 aromatic heterocycles. The van der Waals surface area contributed by atoms with Gasteiger partial charge in [-0.3, -0.25) is 4.98 Å². The third-order valence-corrected chi connectivity index (χ3v) is 2.08. The highest BCUT2D eigenvalue weighted by Crippen LogP contribution is 2.08. The molecule has 1 aromatic rings. The number of hydrogen-bond acceptors (Lipinski definition) is 5. The Labute approximate surface area is 104 Å². The van der Waals surface area contributed by atoms with E-state index < -0.39 is 11.8 Å². The van der Waals surface area contributed by atoms with Gasteiger partial charge in [-0.2, -0.15) is 0 Å². The Morgan fingerprint density at radius 2 is 2.44 bits per heavy atom. The number of aromatic nitrogens is 1. The van der Waals surface area contributed by atoms with Gasteiger partial charge >= 0.3 is 5.97 Å². The van der Waals surface area contributed by atoms with Gasteiger partial charge in [0.05, 0.1) is 24.9 Å². The first kappa shape index (κ1) is 13.8. The molecular formula is C12H14FN3O2. The Morgan fingerprint density at radius 1 is 1.72 bits per heavy atom. The summed E-state index contributed by atoms with van der Waals surface area (Å²) in [5.74, 6) is -0.796. The number of carbonyl (C=O) groups excluding carboxylic acids is 1. The van der Waals surface area contributed by atoms with Crippen LogP contribution in [0.2, 0.25) is 0 Å². The Kier molecular flexibility index (Phi) is 4.98. The van der Waals surface area contributed by atoms with Gasteiger partial charge in [-0.05, 0) is 13.0 Å². The summed E-state index contributed by atoms with van der Waals surface area (Å²) in [4.78, 5) is 18.9. The number of rotatable bonds is 5. The van der Waals surface area contributed by atoms with Crippen LogP contribution >= 0.6 is 0 Å². The number of aliphatic imine (C=N–C) groups is 1. The average Bonchev–Trinajstić information content (AvgIpc) is 2.36. The van der Waals surface area contributed by atoms with E-state index in [1.807, 2.05) is 0 Å². The van der Waals surface area contributed by atoms with Gasteiger partial charge in [-0.25, -0.2) is 14.2 Å². The highest BCUT2D eigenvalue weighted by atomic mass is 19.1. The van der Waals surface area contributed by atoms with Crippen LogP contribution in [0.1, 0.15) is 23.0 Å². The van der Waals surface area contributed by atoms with Crippen molar-refractivity contribution < 1.29 is 13.9 Å². The number of hydrogen-bond donors (Lipinski definition) is 1. The van der Waals surface area contributed by atoms with Crippen LogP contribution in [0, 0.1) is 5.82 Å². The summed E-state index contributed by atoms with van der Waals surface area (Å²) in [6, 6.07) is 1.09. The van der Waals surface area contributed by atoms with Gasteiger partial charge in [0.2, 0.25) is 0 Å². The van der Waals surface area contributed by atoms with E-state index >= 15 is 0 Å². The van der Waals surface area contributed by atoms with Gasteiger partial charge < -0.3 is 10.1 Å². The van der Waals surface area contributed by atoms with Gasteiger partial charge in [-0.15, -0.1) is 0 Å². The molecule has 1 N–H and O–H groups in total. The molecule has 5 nitrogen and oxygen atoms in total. The van der Waals surface area contributed by atoms with Crippen molar-refractivity contribution in [3.63, 3.8) is 0 Å². The van der Waals surface area contributed by atoms with Crippen molar-refractivity contribution in [2.45, 2.75) is 13.5 Å². The van der Waals surface area contributed by atoms with E-state index in [1.165, 1.54) is 13.3 Å². The fraction of sp³-hybridized carbons (Fsp3) is 0.250. The third-order valence-electron chi connectivity index (χ3n) is 2.08. The molecule has 0 fully saturated rings. The molecule has 0 aromatic carbocycles. The molecule has 0 atom stereocenters. The molecule has 0 amide bonds. The topological polar surface area (TPSA) is 63.6 Å². The summed E-state index contributed by atoms with van der Waals surface area (Å²) in [5.41, 5.74) is 0.249. The van der Waals surface area contributed by atoms with Crippen molar-refractivity contribution >= 4 is 12.2 Å². The lowest BCUT2D eigenvalue weighted by molar-refractivity contribution is 0.0599. The van der Waals surface area contributed by atoms with E-state index in [0.29, 0.717) is 5.82 Å².